The topological polar surface area (TPSA) is 19.7 Å². The number of fused-ring (bicyclic) bond motifs is 17. The van der Waals surface area contributed by atoms with Crippen LogP contribution in [0, 0.1) is 0 Å². The molecule has 17 aromatic carbocycles. The molecular weight excluding hydrogens is 1210 g/mol. The lowest BCUT2D eigenvalue weighted by atomic mass is 9.96. The average Bonchev–Trinajstić information content (AvgIpc) is 1.62. The van der Waals surface area contributed by atoms with Crippen molar-refractivity contribution in [1.82, 2.24) is 18.3 Å². The lowest BCUT2D eigenvalue weighted by Gasteiger charge is -2.14. The summed E-state index contributed by atoms with van der Waals surface area (Å²) in [5.41, 5.74) is 25.9. The minimum Gasteiger partial charge on any atom is -0.309 e. The van der Waals surface area contributed by atoms with Crippen molar-refractivity contribution in [1.29, 1.82) is 0 Å². The fraction of sp³-hybridized carbons (Fsp3) is 0. The van der Waals surface area contributed by atoms with E-state index in [4.69, 9.17) is 0 Å². The molecule has 0 unspecified atom stereocenters. The molecule has 0 saturated carbocycles. The summed E-state index contributed by atoms with van der Waals surface area (Å²) in [6, 6.07) is 135. The van der Waals surface area contributed by atoms with E-state index in [-0.39, 0.29) is 0 Å². The highest BCUT2D eigenvalue weighted by atomic mass is 15.0. The molecule has 4 nitrogen and oxygen atoms in total. The molecule has 0 aliphatic heterocycles. The summed E-state index contributed by atoms with van der Waals surface area (Å²) in [5, 5.41) is 17.4. The molecule has 464 valence electrons. The molecule has 0 radical (unpaired) electrons. The Kier molecular flexibility index (Phi) is 12.4. The summed E-state index contributed by atoms with van der Waals surface area (Å²) in [5.74, 6) is 0. The van der Waals surface area contributed by atoms with Crippen LogP contribution in [-0.4, -0.2) is 18.3 Å². The number of nitrogens with zero attached hydrogens (tertiary/aromatic N) is 4. The van der Waals surface area contributed by atoms with E-state index in [1.165, 1.54) is 164 Å². The van der Waals surface area contributed by atoms with Gasteiger partial charge in [0.1, 0.15) is 0 Å². The Hall–Kier alpha value is -13.3. The van der Waals surface area contributed by atoms with Crippen LogP contribution >= 0.6 is 0 Å². The van der Waals surface area contributed by atoms with E-state index >= 15 is 0 Å². The third kappa shape index (κ3) is 8.67. The van der Waals surface area contributed by atoms with E-state index in [2.05, 4.69) is 382 Å². The monoisotopic (exact) mass is 1270 g/mol. The van der Waals surface area contributed by atoms with Crippen LogP contribution < -0.4 is 0 Å². The van der Waals surface area contributed by atoms with Crippen LogP contribution in [0.2, 0.25) is 0 Å². The molecule has 0 aliphatic carbocycles. The molecule has 4 aromatic heterocycles. The Morgan fingerprint density at radius 1 is 0.140 bits per heavy atom. The van der Waals surface area contributed by atoms with E-state index in [1.54, 1.807) is 0 Å². The molecule has 100 heavy (non-hydrogen) atoms. The van der Waals surface area contributed by atoms with Gasteiger partial charge in [0, 0.05) is 65.5 Å². The predicted octanol–water partition coefficient (Wildman–Crippen LogP) is 25.9. The van der Waals surface area contributed by atoms with Crippen molar-refractivity contribution >= 4 is 120 Å². The van der Waals surface area contributed by atoms with Crippen molar-refractivity contribution in [3.8, 4) is 78.4 Å². The zero-order chi connectivity index (χ0) is 65.5. The van der Waals surface area contributed by atoms with Crippen LogP contribution in [0.25, 0.3) is 198 Å². The second-order valence-corrected chi connectivity index (χ2v) is 26.8. The minimum absolute atomic E-state index is 1.12. The molecule has 0 aliphatic rings. The van der Waals surface area contributed by atoms with Gasteiger partial charge in [-0.1, -0.05) is 237 Å². The highest BCUT2D eigenvalue weighted by Crippen LogP contribution is 2.45. The van der Waals surface area contributed by atoms with Crippen molar-refractivity contribution in [2.24, 2.45) is 0 Å². The highest BCUT2D eigenvalue weighted by molar-refractivity contribution is 6.22. The maximum atomic E-state index is 2.47. The van der Waals surface area contributed by atoms with Gasteiger partial charge in [-0.3, -0.25) is 0 Å². The van der Waals surface area contributed by atoms with Gasteiger partial charge in [0.15, 0.2) is 0 Å². The third-order valence-corrected chi connectivity index (χ3v) is 21.3. The SMILES string of the molecule is c1ccc(-n2c3ccc(-c4cccc(-c5ccc6c(c5)c5c7ccccc7ccc5n6-c5ccccc5)c4)cc3c3ccc(-c4cccc(-n5c6ccccc6c6cc(-c7cccc(-c8ccc9c(c8)c8ccccc8n9-c8cc9ccccc9c9ccccc89)c7)ccc65)c4)cc32)cc1. The van der Waals surface area contributed by atoms with E-state index in [0.29, 0.717) is 0 Å². The van der Waals surface area contributed by atoms with Crippen LogP contribution in [0.5, 0.6) is 0 Å². The lowest BCUT2D eigenvalue weighted by Crippen LogP contribution is -1.96. The van der Waals surface area contributed by atoms with Crippen LogP contribution in [0.1, 0.15) is 0 Å². The Labute approximate surface area is 576 Å². The number of hydrogen-bond donors (Lipinski definition) is 0. The predicted molar refractivity (Wildman–Crippen MR) is 423 cm³/mol. The first kappa shape index (κ1) is 55.9. The number of hydrogen-bond acceptors (Lipinski definition) is 0. The van der Waals surface area contributed by atoms with Gasteiger partial charge in [-0.25, -0.2) is 0 Å². The van der Waals surface area contributed by atoms with Gasteiger partial charge in [0.25, 0.3) is 0 Å². The summed E-state index contributed by atoms with van der Waals surface area (Å²) >= 11 is 0. The zero-order valence-corrected chi connectivity index (χ0v) is 54.4. The van der Waals surface area contributed by atoms with Gasteiger partial charge in [-0.05, 0) is 210 Å². The molecule has 0 atom stereocenters. The first-order valence-corrected chi connectivity index (χ1v) is 34.5. The summed E-state index contributed by atoms with van der Waals surface area (Å²) in [7, 11) is 0. The van der Waals surface area contributed by atoms with E-state index in [0.717, 1.165) is 33.7 Å². The summed E-state index contributed by atoms with van der Waals surface area (Å²) in [6.45, 7) is 0. The molecule has 0 fully saturated rings. The first-order chi connectivity index (χ1) is 49.6. The molecular formula is C96H60N4. The smallest absolute Gasteiger partial charge is 0.0547 e. The quantitative estimate of drug-likeness (QED) is 0.128. The van der Waals surface area contributed by atoms with Crippen LogP contribution in [0.3, 0.4) is 0 Å². The van der Waals surface area contributed by atoms with Crippen molar-refractivity contribution in [2.45, 2.75) is 0 Å². The van der Waals surface area contributed by atoms with Gasteiger partial charge >= 0.3 is 0 Å². The van der Waals surface area contributed by atoms with Crippen LogP contribution in [0.4, 0.5) is 0 Å². The molecule has 4 heterocycles. The second-order valence-electron chi connectivity index (χ2n) is 26.8. The van der Waals surface area contributed by atoms with Crippen molar-refractivity contribution in [3.63, 3.8) is 0 Å². The highest BCUT2D eigenvalue weighted by Gasteiger charge is 2.22. The van der Waals surface area contributed by atoms with Gasteiger partial charge < -0.3 is 18.3 Å². The molecule has 0 saturated heterocycles. The van der Waals surface area contributed by atoms with Gasteiger partial charge in [0.2, 0.25) is 0 Å². The van der Waals surface area contributed by atoms with Crippen molar-refractivity contribution < 1.29 is 0 Å². The molecule has 21 aromatic rings. The Bertz CT molecular complexity index is 6960. The summed E-state index contributed by atoms with van der Waals surface area (Å²) in [4.78, 5) is 0. The molecule has 0 amide bonds. The van der Waals surface area contributed by atoms with E-state index in [1.807, 2.05) is 0 Å². The van der Waals surface area contributed by atoms with E-state index < -0.39 is 0 Å². The number of para-hydroxylation sites is 4. The number of rotatable bonds is 9. The third-order valence-electron chi connectivity index (χ3n) is 21.3. The van der Waals surface area contributed by atoms with Gasteiger partial charge in [0.05, 0.1) is 49.8 Å². The Balaban J connectivity index is 0.627. The van der Waals surface area contributed by atoms with Crippen molar-refractivity contribution in [2.75, 3.05) is 0 Å². The largest absolute Gasteiger partial charge is 0.309 e. The zero-order valence-electron chi connectivity index (χ0n) is 54.4. The minimum atomic E-state index is 1.12. The van der Waals surface area contributed by atoms with Crippen LogP contribution in [0.15, 0.2) is 364 Å². The van der Waals surface area contributed by atoms with Crippen molar-refractivity contribution in [3.05, 3.63) is 364 Å². The maximum absolute atomic E-state index is 2.47. The number of benzene rings is 17. The van der Waals surface area contributed by atoms with E-state index in [9.17, 15) is 0 Å². The summed E-state index contributed by atoms with van der Waals surface area (Å²) in [6.07, 6.45) is 0. The molecule has 0 bridgehead atoms. The standard InChI is InChI=1S/C96H60N4/c1-3-27-73(28-4-1)97-92-50-45-70(58-86(92)96-77-33-10-7-20-61(77)41-51-93(96)97)65-25-18-24-64(53-65)68-42-47-89-85(57-68)82-46-40-71(59-94(82)98(89)74-29-5-2-6-30-74)66-26-19-31-75(54-66)99-87-38-15-13-36-80(87)83-55-67(43-48-90(83)99)62-22-17-23-63(52-62)69-44-49-91-84(56-69)81-37-14-16-39-88(81)100(91)95-60-72-21-8-9-32-76(72)78-34-11-12-35-79(78)95/h1-60H. The Morgan fingerprint density at radius 3 is 1.09 bits per heavy atom. The van der Waals surface area contributed by atoms with Gasteiger partial charge in [-0.2, -0.15) is 0 Å². The second kappa shape index (κ2) is 22.1. The molecule has 21 rings (SSSR count). The lowest BCUT2D eigenvalue weighted by molar-refractivity contribution is 1.18. The molecule has 4 heteroatoms. The fourth-order valence-corrected chi connectivity index (χ4v) is 16.7. The Morgan fingerprint density at radius 2 is 0.500 bits per heavy atom. The normalized spacial score (nSPS) is 12.0. The summed E-state index contributed by atoms with van der Waals surface area (Å²) < 4.78 is 9.77. The van der Waals surface area contributed by atoms with Crippen LogP contribution in [-0.2, 0) is 0 Å². The maximum Gasteiger partial charge on any atom is 0.0547 e. The number of aromatic nitrogens is 4. The average molecular weight is 1270 g/mol. The van der Waals surface area contributed by atoms with Gasteiger partial charge in [-0.15, -0.1) is 0 Å². The first-order valence-electron chi connectivity index (χ1n) is 34.5. The molecule has 0 N–H and O–H groups in total. The fourth-order valence-electron chi connectivity index (χ4n) is 16.7. The molecule has 0 spiro atoms.